The van der Waals surface area contributed by atoms with Crippen LogP contribution in [-0.4, -0.2) is 37.1 Å². The predicted molar refractivity (Wildman–Crippen MR) is 169 cm³/mol. The van der Waals surface area contributed by atoms with Gasteiger partial charge in [0.05, 0.1) is 10.4 Å². The molecule has 216 valence electrons. The lowest BCUT2D eigenvalue weighted by atomic mass is 9.88. The van der Waals surface area contributed by atoms with Gasteiger partial charge in [0.25, 0.3) is 0 Å². The number of thiophene rings is 1. The number of rotatable bonds is 9. The molecular formula is C34H38ClNO4S. The summed E-state index contributed by atoms with van der Waals surface area (Å²) in [5, 5.41) is 1.06. The molecule has 0 unspecified atom stereocenters. The minimum Gasteiger partial charge on any atom is -0.492 e. The van der Waals surface area contributed by atoms with E-state index in [1.54, 1.807) is 23.5 Å². The first-order valence-corrected chi connectivity index (χ1v) is 15.5. The van der Waals surface area contributed by atoms with Gasteiger partial charge in [0.2, 0.25) is 0 Å². The van der Waals surface area contributed by atoms with Crippen LogP contribution in [-0.2, 0) is 0 Å². The summed E-state index contributed by atoms with van der Waals surface area (Å²) in [7, 11) is 0. The lowest BCUT2D eigenvalue weighted by Crippen LogP contribution is -2.33. The van der Waals surface area contributed by atoms with Gasteiger partial charge >= 0.3 is 5.97 Å². The highest BCUT2D eigenvalue weighted by Gasteiger charge is 2.25. The highest BCUT2D eigenvalue weighted by molar-refractivity contribution is 7.19. The first-order chi connectivity index (χ1) is 19.7. The molecule has 7 heteroatoms. The molecule has 3 aromatic carbocycles. The standard InChI is InChI=1S/C34H37NO4S.ClH/c36-34(26-12-6-2-7-13-26)39-29-18-19-30-31(24-29)40-33(25-10-4-1-5-11-25)32(30)38-28-16-14-27(15-17-28)37-23-22-35-20-8-3-9-21-35;/h2,6-7,12-19,24-25H,1,3-5,8-11,20-23H2;1H. The fourth-order valence-electron chi connectivity index (χ4n) is 5.81. The maximum Gasteiger partial charge on any atom is 0.343 e. The third kappa shape index (κ3) is 7.42. The van der Waals surface area contributed by atoms with Crippen LogP contribution < -0.4 is 14.2 Å². The van der Waals surface area contributed by atoms with Crippen molar-refractivity contribution in [3.05, 3.63) is 83.2 Å². The van der Waals surface area contributed by atoms with E-state index < -0.39 is 0 Å². The molecule has 0 bridgehead atoms. The third-order valence-electron chi connectivity index (χ3n) is 8.01. The monoisotopic (exact) mass is 591 g/mol. The van der Waals surface area contributed by atoms with Gasteiger partial charge in [-0.25, -0.2) is 4.79 Å². The van der Waals surface area contributed by atoms with Crippen molar-refractivity contribution in [2.24, 2.45) is 0 Å². The van der Waals surface area contributed by atoms with Gasteiger partial charge in [-0.3, -0.25) is 4.90 Å². The average Bonchev–Trinajstić information content (AvgIpc) is 3.36. The molecular weight excluding hydrogens is 554 g/mol. The molecule has 41 heavy (non-hydrogen) atoms. The number of ether oxygens (including phenoxy) is 3. The van der Waals surface area contributed by atoms with Crippen molar-refractivity contribution in [3.8, 4) is 23.0 Å². The molecule has 0 radical (unpaired) electrons. The molecule has 1 aliphatic heterocycles. The molecule has 2 heterocycles. The van der Waals surface area contributed by atoms with Crippen LogP contribution in [0.25, 0.3) is 10.1 Å². The average molecular weight is 592 g/mol. The molecule has 1 aliphatic carbocycles. The molecule has 2 aliphatic rings. The molecule has 1 aromatic heterocycles. The molecule has 0 atom stereocenters. The van der Waals surface area contributed by atoms with Crippen LogP contribution >= 0.6 is 23.7 Å². The number of hydrogen-bond acceptors (Lipinski definition) is 6. The summed E-state index contributed by atoms with van der Waals surface area (Å²) in [5.74, 6) is 3.31. The van der Waals surface area contributed by atoms with Crippen molar-refractivity contribution < 1.29 is 19.0 Å². The van der Waals surface area contributed by atoms with E-state index in [2.05, 4.69) is 4.90 Å². The maximum atomic E-state index is 12.6. The van der Waals surface area contributed by atoms with Crippen LogP contribution in [0.15, 0.2) is 72.8 Å². The van der Waals surface area contributed by atoms with Crippen LogP contribution in [0.3, 0.4) is 0 Å². The van der Waals surface area contributed by atoms with E-state index in [1.807, 2.05) is 60.7 Å². The fourth-order valence-corrected chi connectivity index (χ4v) is 7.14. The summed E-state index contributed by atoms with van der Waals surface area (Å²) in [4.78, 5) is 16.4. The number of nitrogens with zero attached hydrogens (tertiary/aromatic N) is 1. The zero-order valence-electron chi connectivity index (χ0n) is 23.4. The second kappa shape index (κ2) is 14.2. The van der Waals surface area contributed by atoms with Crippen LogP contribution in [0, 0.1) is 0 Å². The van der Waals surface area contributed by atoms with Crippen molar-refractivity contribution in [2.45, 2.75) is 57.3 Å². The van der Waals surface area contributed by atoms with Crippen molar-refractivity contribution >= 4 is 39.8 Å². The van der Waals surface area contributed by atoms with E-state index >= 15 is 0 Å². The molecule has 1 saturated heterocycles. The highest BCUT2D eigenvalue weighted by Crippen LogP contribution is 2.48. The quantitative estimate of drug-likeness (QED) is 0.143. The third-order valence-corrected chi connectivity index (χ3v) is 9.30. The van der Waals surface area contributed by atoms with E-state index in [0.29, 0.717) is 23.8 Å². The van der Waals surface area contributed by atoms with Gasteiger partial charge in [0.15, 0.2) is 0 Å². The largest absolute Gasteiger partial charge is 0.492 e. The van der Waals surface area contributed by atoms with E-state index in [1.165, 1.54) is 69.3 Å². The van der Waals surface area contributed by atoms with Crippen LogP contribution in [0.5, 0.6) is 23.0 Å². The van der Waals surface area contributed by atoms with Gasteiger partial charge in [-0.05, 0) is 99.3 Å². The second-order valence-electron chi connectivity index (χ2n) is 10.9. The van der Waals surface area contributed by atoms with Crippen molar-refractivity contribution in [1.82, 2.24) is 4.90 Å². The zero-order chi connectivity index (χ0) is 27.1. The number of fused-ring (bicyclic) bond motifs is 1. The Bertz CT molecular complexity index is 1410. The Labute approximate surface area is 252 Å². The molecule has 0 N–H and O–H groups in total. The summed E-state index contributed by atoms with van der Waals surface area (Å²) in [6.07, 6.45) is 10.1. The van der Waals surface area contributed by atoms with E-state index in [0.717, 1.165) is 33.9 Å². The number of benzene rings is 3. The molecule has 0 spiro atoms. The molecule has 5 nitrogen and oxygen atoms in total. The molecule has 0 amide bonds. The Morgan fingerprint density at radius 2 is 1.49 bits per heavy atom. The number of esters is 1. The number of carbonyl (C=O) groups is 1. The summed E-state index contributed by atoms with van der Waals surface area (Å²) >= 11 is 1.77. The number of piperidine rings is 1. The summed E-state index contributed by atoms with van der Waals surface area (Å²) in [5.41, 5.74) is 0.541. The van der Waals surface area contributed by atoms with E-state index in [4.69, 9.17) is 14.2 Å². The van der Waals surface area contributed by atoms with E-state index in [9.17, 15) is 4.79 Å². The number of carbonyl (C=O) groups excluding carboxylic acids is 1. The number of halogens is 1. The van der Waals surface area contributed by atoms with Crippen molar-refractivity contribution in [2.75, 3.05) is 26.2 Å². The highest BCUT2D eigenvalue weighted by atomic mass is 35.5. The molecule has 2 fully saturated rings. The second-order valence-corrected chi connectivity index (χ2v) is 12.0. The van der Waals surface area contributed by atoms with Crippen molar-refractivity contribution in [3.63, 3.8) is 0 Å². The maximum absolute atomic E-state index is 12.6. The minimum absolute atomic E-state index is 0. The zero-order valence-corrected chi connectivity index (χ0v) is 25.0. The first-order valence-electron chi connectivity index (χ1n) is 14.7. The molecule has 1 saturated carbocycles. The van der Waals surface area contributed by atoms with E-state index in [-0.39, 0.29) is 18.4 Å². The van der Waals surface area contributed by atoms with Crippen LogP contribution in [0.4, 0.5) is 0 Å². The fraction of sp³-hybridized carbons (Fsp3) is 0.382. The van der Waals surface area contributed by atoms with Gasteiger partial charge in [0.1, 0.15) is 29.6 Å². The van der Waals surface area contributed by atoms with Gasteiger partial charge in [-0.2, -0.15) is 0 Å². The normalized spacial score (nSPS) is 16.2. The Hall–Kier alpha value is -3.06. The van der Waals surface area contributed by atoms with Gasteiger partial charge in [0, 0.05) is 16.6 Å². The summed E-state index contributed by atoms with van der Waals surface area (Å²) in [6, 6.07) is 23.0. The Kier molecular flexibility index (Phi) is 10.2. The minimum atomic E-state index is -0.348. The predicted octanol–water partition coefficient (Wildman–Crippen LogP) is 9.25. The van der Waals surface area contributed by atoms with Crippen LogP contribution in [0.1, 0.15) is 72.5 Å². The molecule has 6 rings (SSSR count). The molecule has 4 aromatic rings. The lowest BCUT2D eigenvalue weighted by molar-refractivity contribution is 0.0735. The van der Waals surface area contributed by atoms with Gasteiger partial charge in [-0.15, -0.1) is 23.7 Å². The topological polar surface area (TPSA) is 48.0 Å². The Balaban J connectivity index is 0.00000337. The lowest BCUT2D eigenvalue weighted by Gasteiger charge is -2.26. The SMILES string of the molecule is Cl.O=C(Oc1ccc2c(Oc3ccc(OCCN4CCCCC4)cc3)c(C3CCCCC3)sc2c1)c1ccccc1. The Morgan fingerprint density at radius 1 is 0.805 bits per heavy atom. The van der Waals surface area contributed by atoms with Gasteiger partial charge in [-0.1, -0.05) is 43.9 Å². The summed E-state index contributed by atoms with van der Waals surface area (Å²) < 4.78 is 19.4. The number of hydrogen-bond donors (Lipinski definition) is 0. The summed E-state index contributed by atoms with van der Waals surface area (Å²) in [6.45, 7) is 4.06. The van der Waals surface area contributed by atoms with Crippen LogP contribution in [0.2, 0.25) is 0 Å². The smallest absolute Gasteiger partial charge is 0.343 e. The Morgan fingerprint density at radius 3 is 2.24 bits per heavy atom. The van der Waals surface area contributed by atoms with Gasteiger partial charge < -0.3 is 14.2 Å². The number of likely N-dealkylation sites (tertiary alicyclic amines) is 1. The first kappa shape index (κ1) is 29.4. The van der Waals surface area contributed by atoms with Crippen molar-refractivity contribution in [1.29, 1.82) is 0 Å².